The molecule has 6 aromatic rings. The lowest BCUT2D eigenvalue weighted by Gasteiger charge is -2.36. The summed E-state index contributed by atoms with van der Waals surface area (Å²) in [6, 6.07) is -2.28. The number of primary amides is 2. The highest BCUT2D eigenvalue weighted by atomic mass is 32.2. The number of aromatic nitrogens is 4. The van der Waals surface area contributed by atoms with Gasteiger partial charge in [0.2, 0.25) is 100 Å². The predicted octanol–water partition coefficient (Wildman–Crippen LogP) is -2.71. The van der Waals surface area contributed by atoms with Crippen molar-refractivity contribution in [1.29, 1.82) is 0 Å². The van der Waals surface area contributed by atoms with E-state index in [0.29, 0.717) is 51.3 Å². The average Bonchev–Trinajstić information content (AvgIpc) is 1.75. The van der Waals surface area contributed by atoms with Gasteiger partial charge in [-0.15, -0.1) is 11.8 Å². The first kappa shape index (κ1) is 99.3. The van der Waals surface area contributed by atoms with Crippen LogP contribution in [0.25, 0.3) is 21.8 Å². The molecule has 42 nitrogen and oxygen atoms in total. The number of carboxylic acids is 1. The molecule has 43 heteroatoms. The second kappa shape index (κ2) is 46.8. The van der Waals surface area contributed by atoms with Gasteiger partial charge in [-0.3, -0.25) is 86.3 Å². The molecular weight excluding hydrogens is 1700 g/mol. The van der Waals surface area contributed by atoms with Gasteiger partial charge >= 0.3 is 5.97 Å². The number of phenols is 1. The lowest BCUT2D eigenvalue weighted by atomic mass is 10.00. The second-order valence-corrected chi connectivity index (χ2v) is 33.4. The van der Waals surface area contributed by atoms with E-state index in [4.69, 9.17) is 11.5 Å². The van der Waals surface area contributed by atoms with Crippen LogP contribution in [0.1, 0.15) is 127 Å². The highest BCUT2D eigenvalue weighted by Crippen LogP contribution is 2.27. The summed E-state index contributed by atoms with van der Waals surface area (Å²) in [7, 11) is 3.87. The molecule has 6 heterocycles. The zero-order valence-electron chi connectivity index (χ0n) is 72.8. The largest absolute Gasteiger partial charge is 0.508 e. The summed E-state index contributed by atoms with van der Waals surface area (Å²) < 4.78 is 0. The highest BCUT2D eigenvalue weighted by molar-refractivity contribution is 8.00. The van der Waals surface area contributed by atoms with E-state index in [9.17, 15) is 72.9 Å². The van der Waals surface area contributed by atoms with Gasteiger partial charge in [-0.2, -0.15) is 0 Å². The fourth-order valence-electron chi connectivity index (χ4n) is 15.8. The number of aliphatic carboxylic acids is 1. The van der Waals surface area contributed by atoms with E-state index in [2.05, 4.69) is 73.1 Å². The first-order chi connectivity index (χ1) is 61.5. The maximum atomic E-state index is 15.6. The summed E-state index contributed by atoms with van der Waals surface area (Å²) in [5.41, 5.74) is 14.0. The van der Waals surface area contributed by atoms with Gasteiger partial charge in [-0.1, -0.05) is 81.6 Å². The van der Waals surface area contributed by atoms with Crippen LogP contribution in [0, 0.1) is 0 Å². The smallest absolute Gasteiger partial charge is 0.305 e. The van der Waals surface area contributed by atoms with Gasteiger partial charge in [-0.05, 0) is 99.7 Å². The van der Waals surface area contributed by atoms with Crippen molar-refractivity contribution < 1.29 is 102 Å². The van der Waals surface area contributed by atoms with Crippen LogP contribution in [-0.2, 0) is 112 Å². The van der Waals surface area contributed by atoms with E-state index in [1.165, 1.54) is 71.8 Å². The standard InChI is InChI=1S/C86H115N21O21S/c1-8-10-22-68-86(128)104(6)65(17-9-2)79(121)94-46(3)73(115)102-64(75(117)92-41-70(88)111)43-129-44-71(112)95-60(33-48-25-27-52(109)28-26-48)82(124)103(5)47(4)74(116)99-62(37-72(113)114)85(127)107-32-16-24-67(107)81(123)98-59(36-51-40-89-45-93-51)77(119)96-57(29-30-69(87)110)84(126)106-31-15-23-66(106)80(122)97-58(34-49-38-90-55-20-13-11-18-53(49)55)76(118)101-63(42-108)78(120)100-61(83(125)105(68)7)35-50-39-91-56-21-14-12-19-54(50)56/h11-14,18-21,25-28,38-40,45-47,57-68,90-91,108-109H,8-10,15-17,22-24,29-37,41-44H2,1-7H3,(H2,87,110)(H2,88,111)(H,89,93)(H,92,117)(H,94,121)(H,95,112)(H,96,119)(H,97,122)(H,98,123)(H,99,116)(H,100,120)(H,101,118)(H,102,115)(H,113,114). The quantitative estimate of drug-likeness (QED) is 0.0328. The molecular formula is C86H115N21O21S. The fourth-order valence-corrected chi connectivity index (χ4v) is 16.7. The Balaban J connectivity index is 1.07. The Bertz CT molecular complexity index is 5060. The number of carbonyl (C=O) groups is 18. The third kappa shape index (κ3) is 26.8. The van der Waals surface area contributed by atoms with E-state index in [1.807, 2.05) is 6.92 Å². The van der Waals surface area contributed by atoms with Gasteiger partial charge in [0.15, 0.2) is 0 Å². The third-order valence-electron chi connectivity index (χ3n) is 23.1. The summed E-state index contributed by atoms with van der Waals surface area (Å²) in [4.78, 5) is 278. The van der Waals surface area contributed by atoms with Crippen molar-refractivity contribution in [3.63, 3.8) is 0 Å². The number of aliphatic hydroxyl groups excluding tert-OH is 1. The van der Waals surface area contributed by atoms with Crippen molar-refractivity contribution in [2.75, 3.05) is 58.9 Å². The van der Waals surface area contributed by atoms with Crippen molar-refractivity contribution in [2.45, 2.75) is 215 Å². The molecule has 0 spiro atoms. The van der Waals surface area contributed by atoms with Crippen LogP contribution in [0.4, 0.5) is 0 Å². The Morgan fingerprint density at radius 2 is 1.05 bits per heavy atom. The van der Waals surface area contributed by atoms with E-state index >= 15 is 28.8 Å². The number of nitrogens with zero attached hydrogens (tertiary/aromatic N) is 6. The van der Waals surface area contributed by atoms with Crippen molar-refractivity contribution in [3.8, 4) is 5.75 Å². The number of hydrogen-bond acceptors (Lipinski definition) is 22. The van der Waals surface area contributed by atoms with Crippen LogP contribution in [0.3, 0.4) is 0 Å². The molecule has 129 heavy (non-hydrogen) atoms. The monoisotopic (exact) mass is 1810 g/mol. The number of amides is 17. The summed E-state index contributed by atoms with van der Waals surface area (Å²) in [6.07, 6.45) is 4.04. The number of nitrogens with one attached hydrogen (secondary N) is 13. The van der Waals surface area contributed by atoms with Gasteiger partial charge in [0, 0.05) is 118 Å². The number of imidazole rings is 1. The number of carbonyl (C=O) groups excluding carboxylic acids is 17. The van der Waals surface area contributed by atoms with E-state index in [1.54, 1.807) is 67.8 Å². The van der Waals surface area contributed by atoms with Gasteiger partial charge in [-0.25, -0.2) is 4.98 Å². The SMILES string of the molecule is CCCCC1C(=O)N(C)C(CCC)C(=O)NC(C)C(=O)NC(C(=O)NCC(N)=O)CSCC(=O)NC(Cc2ccc(O)cc2)C(=O)N(C)C(C)C(=O)NC(CC(=O)O)C(=O)N2CCCC2C(=O)NC(Cc2cnc[nH]2)C(=O)NC(CCC(N)=O)C(=O)N2CCCC2C(=O)NC(Cc2c[nH]c3ccccc23)C(=O)NC(CO)C(=O)NC(Cc2c[nH]c3ccccc23)C(=O)N1C. The maximum absolute atomic E-state index is 15.6. The molecule has 14 atom stereocenters. The minimum Gasteiger partial charge on any atom is -0.508 e. The van der Waals surface area contributed by atoms with Gasteiger partial charge in [0.05, 0.1) is 31.7 Å². The molecule has 0 bridgehead atoms. The van der Waals surface area contributed by atoms with Crippen molar-refractivity contribution >= 4 is 140 Å². The molecule has 3 aromatic carbocycles. The Hall–Kier alpha value is -13.5. The number of aliphatic hydroxyl groups is 1. The maximum Gasteiger partial charge on any atom is 0.305 e. The van der Waals surface area contributed by atoms with Crippen LogP contribution < -0.4 is 64.6 Å². The van der Waals surface area contributed by atoms with Gasteiger partial charge in [0.1, 0.15) is 90.3 Å². The summed E-state index contributed by atoms with van der Waals surface area (Å²) in [5, 5.41) is 58.6. The average molecular weight is 1810 g/mol. The molecule has 3 aromatic heterocycles. The number of aromatic amines is 3. The van der Waals surface area contributed by atoms with E-state index < -0.39 is 235 Å². The molecule has 0 radical (unpaired) electrons. The minimum absolute atomic E-state index is 0.00240. The number of H-pyrrole nitrogens is 3. The van der Waals surface area contributed by atoms with Gasteiger partial charge < -0.3 is 119 Å². The number of unbranched alkanes of at least 4 members (excludes halogenated alkanes) is 1. The molecule has 3 saturated heterocycles. The Morgan fingerprint density at radius 3 is 1.60 bits per heavy atom. The molecule has 3 fully saturated rings. The van der Waals surface area contributed by atoms with Crippen LogP contribution in [0.2, 0.25) is 0 Å². The Kier molecular flexibility index (Phi) is 36.0. The van der Waals surface area contributed by atoms with Crippen molar-refractivity contribution in [2.24, 2.45) is 11.5 Å². The predicted molar refractivity (Wildman–Crippen MR) is 468 cm³/mol. The summed E-state index contributed by atoms with van der Waals surface area (Å²) in [6.45, 7) is 4.01. The molecule has 0 aliphatic carbocycles. The highest BCUT2D eigenvalue weighted by Gasteiger charge is 2.45. The lowest BCUT2D eigenvalue weighted by Crippen LogP contribution is -2.61. The number of phenolic OH excluding ortho intramolecular Hbond substituents is 1. The van der Waals surface area contributed by atoms with Crippen LogP contribution in [-0.4, -0.2) is 310 Å². The molecule has 3 aliphatic rings. The van der Waals surface area contributed by atoms with Crippen molar-refractivity contribution in [3.05, 3.63) is 120 Å². The van der Waals surface area contributed by atoms with E-state index in [-0.39, 0.29) is 95.2 Å². The summed E-state index contributed by atoms with van der Waals surface area (Å²) in [5.74, 6) is -18.7. The van der Waals surface area contributed by atoms with Crippen LogP contribution in [0.15, 0.2) is 97.7 Å². The number of fused-ring (bicyclic) bond motifs is 4. The van der Waals surface area contributed by atoms with Crippen LogP contribution >= 0.6 is 11.8 Å². The molecule has 696 valence electrons. The number of rotatable bonds is 22. The number of hydrogen-bond donors (Lipinski definition) is 18. The Labute approximate surface area is 746 Å². The minimum atomic E-state index is -1.91. The summed E-state index contributed by atoms with van der Waals surface area (Å²) >= 11 is 0.764. The van der Waals surface area contributed by atoms with Crippen molar-refractivity contribution in [1.82, 2.24) is 97.6 Å². The molecule has 3 aliphatic heterocycles. The topological polar surface area (TPSA) is 617 Å². The number of thioether (sulfide) groups is 1. The molecule has 9 rings (SSSR count). The first-order valence-corrected chi connectivity index (χ1v) is 43.9. The molecule has 0 saturated carbocycles. The fraction of sp³-hybridized carbons (Fsp3) is 0.500. The number of aromatic hydroxyl groups is 1. The van der Waals surface area contributed by atoms with Gasteiger partial charge in [0.25, 0.3) is 0 Å². The van der Waals surface area contributed by atoms with Crippen LogP contribution in [0.5, 0.6) is 5.75 Å². The number of carboxylic acid groups (broad SMARTS) is 1. The third-order valence-corrected chi connectivity index (χ3v) is 24.1. The normalized spacial score (nSPS) is 24.8. The zero-order chi connectivity index (χ0) is 94.0. The lowest BCUT2D eigenvalue weighted by molar-refractivity contribution is -0.149. The molecule has 14 unspecified atom stereocenters. The molecule has 20 N–H and O–H groups in total. The Morgan fingerprint density at radius 1 is 0.519 bits per heavy atom. The zero-order valence-corrected chi connectivity index (χ0v) is 73.6. The number of para-hydroxylation sites is 2. The molecule has 17 amide bonds. The number of nitrogens with two attached hydrogens (primary N) is 2. The second-order valence-electron chi connectivity index (χ2n) is 32.4. The number of likely N-dealkylation sites (N-methyl/N-ethyl adjacent to an activating group) is 3. The van der Waals surface area contributed by atoms with E-state index in [0.717, 1.165) is 36.3 Å². The number of benzene rings is 3. The first-order valence-electron chi connectivity index (χ1n) is 42.7.